The summed E-state index contributed by atoms with van der Waals surface area (Å²) in [6, 6.07) is 8.54. The molecule has 1 aliphatic heterocycles. The number of methoxy groups -OCH3 is 1. The van der Waals surface area contributed by atoms with E-state index in [0.717, 1.165) is 30.9 Å². The molecule has 1 heterocycles. The first-order valence-corrected chi connectivity index (χ1v) is 5.83. The topological polar surface area (TPSA) is 30.5 Å². The van der Waals surface area contributed by atoms with Gasteiger partial charge in [-0.25, -0.2) is 0 Å². The molecule has 1 N–H and O–H groups in total. The predicted molar refractivity (Wildman–Crippen MR) is 63.8 cm³/mol. The molecular weight excluding hydrogens is 202 g/mol. The van der Waals surface area contributed by atoms with Crippen LogP contribution in [0.5, 0.6) is 5.75 Å². The molecule has 0 radical (unpaired) electrons. The molecule has 0 amide bonds. The van der Waals surface area contributed by atoms with Crippen molar-refractivity contribution in [1.82, 2.24) is 5.32 Å². The van der Waals surface area contributed by atoms with Gasteiger partial charge < -0.3 is 14.8 Å². The van der Waals surface area contributed by atoms with Crippen LogP contribution in [0.25, 0.3) is 0 Å². The summed E-state index contributed by atoms with van der Waals surface area (Å²) in [6.07, 6.45) is 1.22. The molecular formula is C13H19NO2. The lowest BCUT2D eigenvalue weighted by molar-refractivity contribution is 0.00106. The Morgan fingerprint density at radius 2 is 2.25 bits per heavy atom. The van der Waals surface area contributed by atoms with Crippen molar-refractivity contribution < 1.29 is 9.47 Å². The summed E-state index contributed by atoms with van der Waals surface area (Å²) in [7, 11) is 1.70. The molecule has 1 aliphatic rings. The number of benzene rings is 1. The second-order valence-electron chi connectivity index (χ2n) is 4.08. The van der Waals surface area contributed by atoms with Gasteiger partial charge in [-0.05, 0) is 12.5 Å². The fourth-order valence-corrected chi connectivity index (χ4v) is 2.02. The summed E-state index contributed by atoms with van der Waals surface area (Å²) < 4.78 is 11.2. The number of ether oxygens (including phenoxy) is 2. The highest BCUT2D eigenvalue weighted by atomic mass is 16.5. The molecule has 1 fully saturated rings. The Morgan fingerprint density at radius 3 is 2.88 bits per heavy atom. The molecule has 2 unspecified atom stereocenters. The van der Waals surface area contributed by atoms with E-state index in [2.05, 4.69) is 18.3 Å². The molecule has 2 atom stereocenters. The van der Waals surface area contributed by atoms with Crippen molar-refractivity contribution in [2.45, 2.75) is 25.5 Å². The number of rotatable bonds is 3. The van der Waals surface area contributed by atoms with Gasteiger partial charge >= 0.3 is 0 Å². The van der Waals surface area contributed by atoms with E-state index in [9.17, 15) is 0 Å². The summed E-state index contributed by atoms with van der Waals surface area (Å²) in [4.78, 5) is 0. The lowest BCUT2D eigenvalue weighted by Gasteiger charge is -2.30. The van der Waals surface area contributed by atoms with Crippen LogP contribution in [-0.2, 0) is 4.74 Å². The maximum absolute atomic E-state index is 5.87. The average Bonchev–Trinajstić information content (AvgIpc) is 2.39. The minimum Gasteiger partial charge on any atom is -0.496 e. The summed E-state index contributed by atoms with van der Waals surface area (Å²) in [5, 5.41) is 3.49. The molecule has 1 aromatic carbocycles. The first-order valence-electron chi connectivity index (χ1n) is 5.83. The molecule has 0 aromatic heterocycles. The third-order valence-electron chi connectivity index (χ3n) is 3.07. The van der Waals surface area contributed by atoms with Gasteiger partial charge in [-0.2, -0.15) is 0 Å². The van der Waals surface area contributed by atoms with Crippen molar-refractivity contribution in [2.24, 2.45) is 0 Å². The molecule has 3 nitrogen and oxygen atoms in total. The van der Waals surface area contributed by atoms with Crippen LogP contribution in [0.1, 0.15) is 25.0 Å². The van der Waals surface area contributed by atoms with Crippen LogP contribution in [0.15, 0.2) is 24.3 Å². The number of hydrogen-bond acceptors (Lipinski definition) is 3. The lowest BCUT2D eigenvalue weighted by Crippen LogP contribution is -2.42. The van der Waals surface area contributed by atoms with Crippen LogP contribution in [0.4, 0.5) is 0 Å². The first-order chi connectivity index (χ1) is 7.85. The zero-order valence-electron chi connectivity index (χ0n) is 9.90. The van der Waals surface area contributed by atoms with Crippen LogP contribution in [0, 0.1) is 0 Å². The lowest BCUT2D eigenvalue weighted by atomic mass is 10.1. The third-order valence-corrected chi connectivity index (χ3v) is 3.07. The van der Waals surface area contributed by atoms with Crippen molar-refractivity contribution in [3.05, 3.63) is 29.8 Å². The molecule has 2 rings (SSSR count). The van der Waals surface area contributed by atoms with Crippen LogP contribution < -0.4 is 10.1 Å². The first kappa shape index (κ1) is 11.4. The highest BCUT2D eigenvalue weighted by molar-refractivity contribution is 5.35. The molecule has 0 spiro atoms. The van der Waals surface area contributed by atoms with Gasteiger partial charge in [0.25, 0.3) is 0 Å². The van der Waals surface area contributed by atoms with Crippen molar-refractivity contribution in [2.75, 3.05) is 20.3 Å². The number of hydrogen-bond donors (Lipinski definition) is 1. The molecule has 88 valence electrons. The minimum atomic E-state index is 0.110. The van der Waals surface area contributed by atoms with Gasteiger partial charge in [0.1, 0.15) is 5.75 Å². The van der Waals surface area contributed by atoms with E-state index >= 15 is 0 Å². The van der Waals surface area contributed by atoms with Crippen molar-refractivity contribution in [3.63, 3.8) is 0 Å². The molecule has 3 heteroatoms. The average molecular weight is 221 g/mol. The van der Waals surface area contributed by atoms with E-state index in [0.29, 0.717) is 6.04 Å². The molecule has 16 heavy (non-hydrogen) atoms. The van der Waals surface area contributed by atoms with Crippen molar-refractivity contribution in [1.29, 1.82) is 0 Å². The quantitative estimate of drug-likeness (QED) is 0.848. The van der Waals surface area contributed by atoms with Crippen LogP contribution in [0.2, 0.25) is 0 Å². The predicted octanol–water partition coefficient (Wildman–Crippen LogP) is 2.13. The Balaban J connectivity index is 2.07. The normalized spacial score (nSPS) is 25.4. The number of nitrogens with one attached hydrogen (secondary N) is 1. The molecule has 0 bridgehead atoms. The van der Waals surface area contributed by atoms with Gasteiger partial charge in [-0.3, -0.25) is 0 Å². The maximum Gasteiger partial charge on any atom is 0.124 e. The molecule has 1 saturated heterocycles. The molecule has 0 aliphatic carbocycles. The van der Waals surface area contributed by atoms with E-state index < -0.39 is 0 Å². The van der Waals surface area contributed by atoms with Crippen LogP contribution in [-0.4, -0.2) is 26.3 Å². The Labute approximate surface area is 96.8 Å². The second-order valence-corrected chi connectivity index (χ2v) is 4.08. The van der Waals surface area contributed by atoms with Gasteiger partial charge in [0.05, 0.1) is 19.8 Å². The summed E-state index contributed by atoms with van der Waals surface area (Å²) >= 11 is 0. The third kappa shape index (κ3) is 2.36. The van der Waals surface area contributed by atoms with E-state index in [1.54, 1.807) is 7.11 Å². The minimum absolute atomic E-state index is 0.110. The smallest absolute Gasteiger partial charge is 0.124 e. The van der Waals surface area contributed by atoms with Crippen molar-refractivity contribution >= 4 is 0 Å². The maximum atomic E-state index is 5.87. The van der Waals surface area contributed by atoms with Gasteiger partial charge in [0, 0.05) is 18.2 Å². The second kappa shape index (κ2) is 5.32. The highest BCUT2D eigenvalue weighted by Gasteiger charge is 2.23. The van der Waals surface area contributed by atoms with Crippen LogP contribution >= 0.6 is 0 Å². The summed E-state index contributed by atoms with van der Waals surface area (Å²) in [6.45, 7) is 3.81. The van der Waals surface area contributed by atoms with E-state index in [-0.39, 0.29) is 6.10 Å². The highest BCUT2D eigenvalue weighted by Crippen LogP contribution is 2.28. The Hall–Kier alpha value is -1.06. The van der Waals surface area contributed by atoms with Gasteiger partial charge in [-0.15, -0.1) is 0 Å². The van der Waals surface area contributed by atoms with E-state index in [1.165, 1.54) is 0 Å². The Kier molecular flexibility index (Phi) is 3.80. The standard InChI is InChI=1S/C13H19NO2/c1-3-10-9-16-13(8-14-10)11-6-4-5-7-12(11)15-2/h4-7,10,13-14H,3,8-9H2,1-2H3. The van der Waals surface area contributed by atoms with E-state index in [1.807, 2.05) is 18.2 Å². The van der Waals surface area contributed by atoms with Gasteiger partial charge in [0.2, 0.25) is 0 Å². The van der Waals surface area contributed by atoms with Crippen molar-refractivity contribution in [3.8, 4) is 5.75 Å². The zero-order chi connectivity index (χ0) is 11.4. The van der Waals surface area contributed by atoms with Gasteiger partial charge in [-0.1, -0.05) is 25.1 Å². The molecule has 0 saturated carbocycles. The molecule has 1 aromatic rings. The van der Waals surface area contributed by atoms with E-state index in [4.69, 9.17) is 9.47 Å². The largest absolute Gasteiger partial charge is 0.496 e. The fourth-order valence-electron chi connectivity index (χ4n) is 2.02. The fraction of sp³-hybridized carbons (Fsp3) is 0.538. The van der Waals surface area contributed by atoms with Crippen LogP contribution in [0.3, 0.4) is 0 Å². The summed E-state index contributed by atoms with van der Waals surface area (Å²) in [5.74, 6) is 0.907. The Morgan fingerprint density at radius 1 is 1.44 bits per heavy atom. The number of morpholine rings is 1. The Bertz CT molecular complexity index is 332. The van der Waals surface area contributed by atoms with Gasteiger partial charge in [0.15, 0.2) is 0 Å². The summed E-state index contributed by atoms with van der Waals surface area (Å²) in [5.41, 5.74) is 1.13. The monoisotopic (exact) mass is 221 g/mol. The number of para-hydroxylation sites is 1. The zero-order valence-corrected chi connectivity index (χ0v) is 9.90. The SMILES string of the molecule is CCC1COC(c2ccccc2OC)CN1.